The molecule has 1 aromatic carbocycles. The van der Waals surface area contributed by atoms with Gasteiger partial charge in [-0.15, -0.1) is 0 Å². The molecule has 4 heteroatoms. The standard InChI is InChI=1S/C17H26N2O2/c1-14(15-8-4-3-5-9-15)18(2)17(21)12-19-11-7-6-10-16(19)13-20/h3-5,8-9,14,16,20H,6-7,10-13H2,1-2H3. The van der Waals surface area contributed by atoms with Crippen molar-refractivity contribution in [2.45, 2.75) is 38.3 Å². The summed E-state index contributed by atoms with van der Waals surface area (Å²) in [4.78, 5) is 16.4. The quantitative estimate of drug-likeness (QED) is 0.902. The average molecular weight is 290 g/mol. The van der Waals surface area contributed by atoms with Crippen LogP contribution in [0.2, 0.25) is 0 Å². The lowest BCUT2D eigenvalue weighted by atomic mass is 10.0. The van der Waals surface area contributed by atoms with Crippen LogP contribution in [0, 0.1) is 0 Å². The fourth-order valence-corrected chi connectivity index (χ4v) is 2.93. The maximum atomic E-state index is 12.5. The third-order valence-corrected chi connectivity index (χ3v) is 4.55. The first-order chi connectivity index (χ1) is 10.1. The smallest absolute Gasteiger partial charge is 0.237 e. The largest absolute Gasteiger partial charge is 0.395 e. The molecule has 1 aliphatic rings. The summed E-state index contributed by atoms with van der Waals surface area (Å²) >= 11 is 0. The van der Waals surface area contributed by atoms with Gasteiger partial charge in [-0.3, -0.25) is 9.69 Å². The van der Waals surface area contributed by atoms with Gasteiger partial charge in [-0.2, -0.15) is 0 Å². The van der Waals surface area contributed by atoms with Crippen molar-refractivity contribution < 1.29 is 9.90 Å². The van der Waals surface area contributed by atoms with E-state index in [0.717, 1.165) is 31.4 Å². The van der Waals surface area contributed by atoms with Gasteiger partial charge in [0.15, 0.2) is 0 Å². The molecule has 1 heterocycles. The summed E-state index contributed by atoms with van der Waals surface area (Å²) in [6, 6.07) is 10.3. The van der Waals surface area contributed by atoms with Crippen LogP contribution in [0.1, 0.15) is 37.8 Å². The molecule has 21 heavy (non-hydrogen) atoms. The summed E-state index contributed by atoms with van der Waals surface area (Å²) in [5, 5.41) is 9.43. The number of likely N-dealkylation sites (tertiary alicyclic amines) is 1. The molecule has 1 amide bonds. The van der Waals surface area contributed by atoms with Crippen LogP contribution in [0.4, 0.5) is 0 Å². The summed E-state index contributed by atoms with van der Waals surface area (Å²) in [6.07, 6.45) is 3.25. The van der Waals surface area contributed by atoms with Gasteiger partial charge in [0.05, 0.1) is 19.2 Å². The van der Waals surface area contributed by atoms with Gasteiger partial charge >= 0.3 is 0 Å². The van der Waals surface area contributed by atoms with Gasteiger partial charge in [-0.25, -0.2) is 0 Å². The van der Waals surface area contributed by atoms with E-state index in [1.54, 1.807) is 4.90 Å². The Morgan fingerprint density at radius 2 is 2.10 bits per heavy atom. The maximum Gasteiger partial charge on any atom is 0.237 e. The summed E-state index contributed by atoms with van der Waals surface area (Å²) in [5.74, 6) is 0.117. The number of carbonyl (C=O) groups excluding carboxylic acids is 1. The van der Waals surface area contributed by atoms with E-state index in [-0.39, 0.29) is 24.6 Å². The first-order valence-corrected chi connectivity index (χ1v) is 7.79. The summed E-state index contributed by atoms with van der Waals surface area (Å²) in [7, 11) is 1.86. The molecule has 0 aromatic heterocycles. The second-order valence-corrected chi connectivity index (χ2v) is 5.89. The molecule has 0 saturated carbocycles. The molecule has 1 aliphatic heterocycles. The van der Waals surface area contributed by atoms with E-state index in [9.17, 15) is 9.90 Å². The number of piperidine rings is 1. The van der Waals surface area contributed by atoms with Gasteiger partial charge in [0.2, 0.25) is 5.91 Å². The van der Waals surface area contributed by atoms with E-state index >= 15 is 0 Å². The van der Waals surface area contributed by atoms with Crippen LogP contribution >= 0.6 is 0 Å². The number of hydrogen-bond donors (Lipinski definition) is 1. The Kier molecular flexibility index (Phi) is 5.76. The third-order valence-electron chi connectivity index (χ3n) is 4.55. The second-order valence-electron chi connectivity index (χ2n) is 5.89. The number of aliphatic hydroxyl groups is 1. The van der Waals surface area contributed by atoms with Gasteiger partial charge in [-0.05, 0) is 31.9 Å². The predicted molar refractivity (Wildman–Crippen MR) is 83.9 cm³/mol. The van der Waals surface area contributed by atoms with Crippen molar-refractivity contribution >= 4 is 5.91 Å². The van der Waals surface area contributed by atoms with Gasteiger partial charge in [0.1, 0.15) is 0 Å². The molecule has 4 nitrogen and oxygen atoms in total. The van der Waals surface area contributed by atoms with E-state index in [1.807, 2.05) is 44.3 Å². The average Bonchev–Trinajstić information content (AvgIpc) is 2.54. The minimum absolute atomic E-state index is 0.0658. The number of hydrogen-bond acceptors (Lipinski definition) is 3. The van der Waals surface area contributed by atoms with Crippen molar-refractivity contribution in [3.8, 4) is 0 Å². The zero-order chi connectivity index (χ0) is 15.2. The molecule has 1 saturated heterocycles. The predicted octanol–water partition coefficient (Wildman–Crippen LogP) is 2.05. The highest BCUT2D eigenvalue weighted by Crippen LogP contribution is 2.20. The Morgan fingerprint density at radius 1 is 1.38 bits per heavy atom. The number of likely N-dealkylation sites (N-methyl/N-ethyl adjacent to an activating group) is 1. The molecule has 0 radical (unpaired) electrons. The van der Waals surface area contributed by atoms with Crippen molar-refractivity contribution in [2.24, 2.45) is 0 Å². The van der Waals surface area contributed by atoms with Crippen LogP contribution in [0.5, 0.6) is 0 Å². The molecule has 1 aromatic rings. The van der Waals surface area contributed by atoms with E-state index in [0.29, 0.717) is 6.54 Å². The number of amides is 1. The number of aliphatic hydroxyl groups excluding tert-OH is 1. The van der Waals surface area contributed by atoms with Gasteiger partial charge in [-0.1, -0.05) is 36.8 Å². The van der Waals surface area contributed by atoms with Gasteiger partial charge in [0, 0.05) is 13.1 Å². The highest BCUT2D eigenvalue weighted by Gasteiger charge is 2.26. The summed E-state index contributed by atoms with van der Waals surface area (Å²) in [5.41, 5.74) is 1.14. The summed E-state index contributed by atoms with van der Waals surface area (Å²) < 4.78 is 0. The molecule has 2 atom stereocenters. The molecule has 0 spiro atoms. The monoisotopic (exact) mass is 290 g/mol. The molecule has 1 N–H and O–H groups in total. The summed E-state index contributed by atoms with van der Waals surface area (Å²) in [6.45, 7) is 3.50. The zero-order valence-electron chi connectivity index (χ0n) is 13.0. The number of rotatable bonds is 5. The minimum Gasteiger partial charge on any atom is -0.395 e. The molecule has 116 valence electrons. The van der Waals surface area contributed by atoms with Crippen LogP contribution in [-0.2, 0) is 4.79 Å². The fourth-order valence-electron chi connectivity index (χ4n) is 2.93. The molecule has 2 unspecified atom stereocenters. The maximum absolute atomic E-state index is 12.5. The fraction of sp³-hybridized carbons (Fsp3) is 0.588. The Bertz CT molecular complexity index is 449. The van der Waals surface area contributed by atoms with E-state index in [4.69, 9.17) is 0 Å². The third kappa shape index (κ3) is 4.05. The highest BCUT2D eigenvalue weighted by atomic mass is 16.3. The Labute approximate surface area is 127 Å². The zero-order valence-corrected chi connectivity index (χ0v) is 13.0. The molecule has 2 rings (SSSR count). The Balaban J connectivity index is 1.95. The van der Waals surface area contributed by atoms with Crippen LogP contribution < -0.4 is 0 Å². The molecular weight excluding hydrogens is 264 g/mol. The highest BCUT2D eigenvalue weighted by molar-refractivity contribution is 5.78. The van der Waals surface area contributed by atoms with Crippen LogP contribution in [0.3, 0.4) is 0 Å². The van der Waals surface area contributed by atoms with Crippen molar-refractivity contribution in [2.75, 3.05) is 26.7 Å². The van der Waals surface area contributed by atoms with Crippen LogP contribution in [0.15, 0.2) is 30.3 Å². The SMILES string of the molecule is CC(c1ccccc1)N(C)C(=O)CN1CCCCC1CO. The lowest BCUT2D eigenvalue weighted by Gasteiger charge is -2.36. The van der Waals surface area contributed by atoms with Crippen LogP contribution in [-0.4, -0.2) is 53.6 Å². The Morgan fingerprint density at radius 3 is 2.76 bits per heavy atom. The van der Waals surface area contributed by atoms with E-state index in [2.05, 4.69) is 4.90 Å². The van der Waals surface area contributed by atoms with Crippen molar-refractivity contribution in [3.63, 3.8) is 0 Å². The minimum atomic E-state index is 0.0658. The second kappa shape index (κ2) is 7.57. The van der Waals surface area contributed by atoms with Gasteiger partial charge < -0.3 is 10.0 Å². The molecule has 0 aliphatic carbocycles. The van der Waals surface area contributed by atoms with Crippen molar-refractivity contribution in [1.29, 1.82) is 0 Å². The van der Waals surface area contributed by atoms with Crippen molar-refractivity contribution in [3.05, 3.63) is 35.9 Å². The number of nitrogens with zero attached hydrogens (tertiary/aromatic N) is 2. The Hall–Kier alpha value is -1.39. The lowest BCUT2D eigenvalue weighted by Crippen LogP contribution is -2.47. The van der Waals surface area contributed by atoms with Gasteiger partial charge in [0.25, 0.3) is 0 Å². The van der Waals surface area contributed by atoms with Crippen molar-refractivity contribution in [1.82, 2.24) is 9.80 Å². The number of benzene rings is 1. The number of carbonyl (C=O) groups is 1. The first kappa shape index (κ1) is 16.0. The van der Waals surface area contributed by atoms with E-state index < -0.39 is 0 Å². The van der Waals surface area contributed by atoms with E-state index in [1.165, 1.54) is 0 Å². The molecule has 0 bridgehead atoms. The molecule has 1 fully saturated rings. The lowest BCUT2D eigenvalue weighted by molar-refractivity contribution is -0.134. The normalized spacial score (nSPS) is 21.0. The molecular formula is C17H26N2O2. The van der Waals surface area contributed by atoms with Crippen LogP contribution in [0.25, 0.3) is 0 Å². The topological polar surface area (TPSA) is 43.8 Å². The first-order valence-electron chi connectivity index (χ1n) is 7.79.